The largest absolute Gasteiger partial charge is 0.495 e. The van der Waals surface area contributed by atoms with Crippen LogP contribution in [0.15, 0.2) is 60.7 Å². The van der Waals surface area contributed by atoms with Crippen molar-refractivity contribution in [3.63, 3.8) is 0 Å². The number of nitrogens with one attached hydrogen (secondary N) is 2. The van der Waals surface area contributed by atoms with Crippen molar-refractivity contribution in [3.05, 3.63) is 71.9 Å². The second kappa shape index (κ2) is 7.77. The Labute approximate surface area is 150 Å². The third kappa shape index (κ3) is 3.76. The lowest BCUT2D eigenvalue weighted by molar-refractivity contribution is 0.102. The number of nitrogens with zero attached hydrogens (tertiary/aromatic N) is 3. The van der Waals surface area contributed by atoms with E-state index in [1.54, 1.807) is 48.5 Å². The van der Waals surface area contributed by atoms with Crippen LogP contribution in [0.3, 0.4) is 0 Å². The Morgan fingerprint density at radius 3 is 2.42 bits per heavy atom. The fourth-order valence-corrected chi connectivity index (χ4v) is 2.28. The quantitative estimate of drug-likeness (QED) is 0.735. The Bertz CT molecular complexity index is 964. The maximum Gasteiger partial charge on any atom is 0.276 e. The van der Waals surface area contributed by atoms with Crippen LogP contribution in [-0.4, -0.2) is 23.2 Å². The Hall–Kier alpha value is -3.92. The number of carbonyl (C=O) groups excluding carboxylic acids is 1. The average Bonchev–Trinajstić information content (AvgIpc) is 2.69. The van der Waals surface area contributed by atoms with Gasteiger partial charge in [-0.15, -0.1) is 10.2 Å². The van der Waals surface area contributed by atoms with Gasteiger partial charge in [-0.1, -0.05) is 24.3 Å². The summed E-state index contributed by atoms with van der Waals surface area (Å²) in [6.07, 6.45) is 0. The van der Waals surface area contributed by atoms with Crippen molar-refractivity contribution in [3.8, 4) is 11.8 Å². The minimum absolute atomic E-state index is 0.162. The summed E-state index contributed by atoms with van der Waals surface area (Å²) in [5, 5.41) is 22.8. The summed E-state index contributed by atoms with van der Waals surface area (Å²) in [4.78, 5) is 12.3. The summed E-state index contributed by atoms with van der Waals surface area (Å²) in [6, 6.07) is 19.4. The number of benzene rings is 2. The number of hydrogen-bond acceptors (Lipinski definition) is 6. The fourth-order valence-electron chi connectivity index (χ4n) is 2.28. The van der Waals surface area contributed by atoms with E-state index in [9.17, 15) is 4.79 Å². The van der Waals surface area contributed by atoms with E-state index < -0.39 is 5.91 Å². The molecule has 3 aromatic rings. The number of para-hydroxylation sites is 3. The van der Waals surface area contributed by atoms with Gasteiger partial charge in [-0.3, -0.25) is 4.79 Å². The molecule has 0 unspecified atom stereocenters. The molecule has 0 radical (unpaired) electrons. The molecule has 0 saturated carbocycles. The average molecular weight is 345 g/mol. The van der Waals surface area contributed by atoms with Gasteiger partial charge in [0.1, 0.15) is 11.8 Å². The van der Waals surface area contributed by atoms with Crippen LogP contribution in [0.4, 0.5) is 17.2 Å². The highest BCUT2D eigenvalue weighted by Gasteiger charge is 2.11. The summed E-state index contributed by atoms with van der Waals surface area (Å²) in [7, 11) is 1.53. The highest BCUT2D eigenvalue weighted by Crippen LogP contribution is 2.23. The van der Waals surface area contributed by atoms with E-state index in [-0.39, 0.29) is 5.69 Å². The predicted molar refractivity (Wildman–Crippen MR) is 97.4 cm³/mol. The molecule has 0 bridgehead atoms. The lowest BCUT2D eigenvalue weighted by Crippen LogP contribution is -2.15. The molecular weight excluding hydrogens is 330 g/mol. The van der Waals surface area contributed by atoms with Crippen LogP contribution in [0.2, 0.25) is 0 Å². The molecule has 7 nitrogen and oxygen atoms in total. The Morgan fingerprint density at radius 1 is 1.00 bits per heavy atom. The standard InChI is InChI=1S/C19H15N5O2/c1-26-17-9-5-4-8-15(17)22-19(25)16-10-11-18(24-23-16)21-14-7-3-2-6-13(14)12-20/h2-11H,1H3,(H,21,24)(H,22,25). The minimum atomic E-state index is -0.397. The highest BCUT2D eigenvalue weighted by atomic mass is 16.5. The van der Waals surface area contributed by atoms with Crippen molar-refractivity contribution in [2.24, 2.45) is 0 Å². The highest BCUT2D eigenvalue weighted by molar-refractivity contribution is 6.03. The first kappa shape index (κ1) is 16.9. The number of carbonyl (C=O) groups is 1. The molecule has 2 N–H and O–H groups in total. The van der Waals surface area contributed by atoms with Crippen molar-refractivity contribution in [2.75, 3.05) is 17.7 Å². The van der Waals surface area contributed by atoms with Crippen molar-refractivity contribution in [1.29, 1.82) is 5.26 Å². The first-order valence-electron chi connectivity index (χ1n) is 7.75. The zero-order chi connectivity index (χ0) is 18.4. The Morgan fingerprint density at radius 2 is 1.73 bits per heavy atom. The zero-order valence-electron chi connectivity index (χ0n) is 13.9. The number of hydrogen-bond donors (Lipinski definition) is 2. The third-order valence-electron chi connectivity index (χ3n) is 3.56. The van der Waals surface area contributed by atoms with E-state index in [2.05, 4.69) is 26.9 Å². The molecular formula is C19H15N5O2. The van der Waals surface area contributed by atoms with E-state index in [4.69, 9.17) is 10.00 Å². The molecule has 0 atom stereocenters. The van der Waals surface area contributed by atoms with E-state index >= 15 is 0 Å². The number of methoxy groups -OCH3 is 1. The SMILES string of the molecule is COc1ccccc1NC(=O)c1ccc(Nc2ccccc2C#N)nn1. The normalized spacial score (nSPS) is 9.85. The fraction of sp³-hybridized carbons (Fsp3) is 0.0526. The second-order valence-corrected chi connectivity index (χ2v) is 5.24. The summed E-state index contributed by atoms with van der Waals surface area (Å²) >= 11 is 0. The van der Waals surface area contributed by atoms with Crippen LogP contribution in [0.1, 0.15) is 16.1 Å². The van der Waals surface area contributed by atoms with Crippen LogP contribution < -0.4 is 15.4 Å². The number of nitriles is 1. The number of ether oxygens (including phenoxy) is 1. The number of rotatable bonds is 5. The van der Waals surface area contributed by atoms with Crippen molar-refractivity contribution < 1.29 is 9.53 Å². The molecule has 0 spiro atoms. The zero-order valence-corrected chi connectivity index (χ0v) is 13.9. The molecule has 0 fully saturated rings. The lowest BCUT2D eigenvalue weighted by atomic mass is 10.2. The smallest absolute Gasteiger partial charge is 0.276 e. The number of anilines is 3. The molecule has 0 aliphatic rings. The van der Waals surface area contributed by atoms with Gasteiger partial charge in [0, 0.05) is 0 Å². The van der Waals surface area contributed by atoms with E-state index in [1.165, 1.54) is 7.11 Å². The van der Waals surface area contributed by atoms with E-state index in [0.717, 1.165) is 0 Å². The lowest BCUT2D eigenvalue weighted by Gasteiger charge is -2.10. The predicted octanol–water partition coefficient (Wildman–Crippen LogP) is 3.35. The molecule has 0 saturated heterocycles. The van der Waals surface area contributed by atoms with Gasteiger partial charge in [-0.05, 0) is 36.4 Å². The third-order valence-corrected chi connectivity index (χ3v) is 3.56. The summed E-state index contributed by atoms with van der Waals surface area (Å²) in [5.41, 5.74) is 1.82. The van der Waals surface area contributed by atoms with Gasteiger partial charge in [-0.25, -0.2) is 0 Å². The topological polar surface area (TPSA) is 99.9 Å². The molecule has 1 amide bonds. The molecule has 0 aliphatic heterocycles. The van der Waals surface area contributed by atoms with Gasteiger partial charge in [0.2, 0.25) is 0 Å². The maximum atomic E-state index is 12.3. The monoisotopic (exact) mass is 345 g/mol. The maximum absolute atomic E-state index is 12.3. The van der Waals surface area contributed by atoms with Gasteiger partial charge in [0.25, 0.3) is 5.91 Å². The van der Waals surface area contributed by atoms with Gasteiger partial charge in [0.05, 0.1) is 24.0 Å². The van der Waals surface area contributed by atoms with Gasteiger partial charge in [0.15, 0.2) is 11.5 Å². The molecule has 1 heterocycles. The minimum Gasteiger partial charge on any atom is -0.495 e. The van der Waals surface area contributed by atoms with Crippen LogP contribution >= 0.6 is 0 Å². The van der Waals surface area contributed by atoms with Crippen LogP contribution in [0.25, 0.3) is 0 Å². The van der Waals surface area contributed by atoms with E-state index in [0.29, 0.717) is 28.5 Å². The molecule has 128 valence electrons. The second-order valence-electron chi connectivity index (χ2n) is 5.24. The van der Waals surface area contributed by atoms with Crippen LogP contribution in [-0.2, 0) is 0 Å². The number of amides is 1. The first-order valence-corrected chi connectivity index (χ1v) is 7.75. The van der Waals surface area contributed by atoms with Crippen molar-refractivity contribution in [1.82, 2.24) is 10.2 Å². The summed E-state index contributed by atoms with van der Waals surface area (Å²) in [6.45, 7) is 0. The van der Waals surface area contributed by atoms with Crippen LogP contribution in [0.5, 0.6) is 5.75 Å². The van der Waals surface area contributed by atoms with Crippen molar-refractivity contribution in [2.45, 2.75) is 0 Å². The van der Waals surface area contributed by atoms with Gasteiger partial charge < -0.3 is 15.4 Å². The van der Waals surface area contributed by atoms with Crippen LogP contribution in [0, 0.1) is 11.3 Å². The molecule has 1 aromatic heterocycles. The van der Waals surface area contributed by atoms with Gasteiger partial charge >= 0.3 is 0 Å². The number of aromatic nitrogens is 2. The summed E-state index contributed by atoms with van der Waals surface area (Å²) < 4.78 is 5.20. The van der Waals surface area contributed by atoms with Gasteiger partial charge in [-0.2, -0.15) is 5.26 Å². The molecule has 7 heteroatoms. The Balaban J connectivity index is 1.73. The molecule has 3 rings (SSSR count). The first-order chi connectivity index (χ1) is 12.7. The molecule has 26 heavy (non-hydrogen) atoms. The van der Waals surface area contributed by atoms with E-state index in [1.807, 2.05) is 12.1 Å². The summed E-state index contributed by atoms with van der Waals surface area (Å²) in [5.74, 6) is 0.590. The Kier molecular flexibility index (Phi) is 5.05. The van der Waals surface area contributed by atoms with Crippen molar-refractivity contribution >= 4 is 23.1 Å². The molecule has 0 aliphatic carbocycles. The molecule has 2 aromatic carbocycles.